The van der Waals surface area contributed by atoms with Gasteiger partial charge < -0.3 is 15.0 Å². The number of piperazine rings is 1. The lowest BCUT2D eigenvalue weighted by Crippen LogP contribution is -2.49. The molecule has 1 aliphatic rings. The molecule has 3 aromatic carbocycles. The van der Waals surface area contributed by atoms with Gasteiger partial charge in [0, 0.05) is 31.2 Å². The first-order valence-corrected chi connectivity index (χ1v) is 13.6. The zero-order chi connectivity index (χ0) is 25.9. The number of hydrogen-bond acceptors (Lipinski definition) is 5. The van der Waals surface area contributed by atoms with Crippen LogP contribution in [0.4, 0.5) is 11.4 Å². The molecular formula is C26H27Cl2N3O4S. The molecule has 0 atom stereocenters. The number of para-hydroxylation sites is 1. The van der Waals surface area contributed by atoms with Crippen molar-refractivity contribution < 1.29 is 17.9 Å². The van der Waals surface area contributed by atoms with E-state index in [1.807, 2.05) is 18.7 Å². The van der Waals surface area contributed by atoms with E-state index in [9.17, 15) is 13.2 Å². The van der Waals surface area contributed by atoms with E-state index in [1.165, 1.54) is 4.31 Å². The van der Waals surface area contributed by atoms with E-state index in [4.69, 9.17) is 27.9 Å². The van der Waals surface area contributed by atoms with Gasteiger partial charge in [-0.1, -0.05) is 47.0 Å². The molecule has 1 aliphatic heterocycles. The van der Waals surface area contributed by atoms with E-state index in [0.717, 1.165) is 11.1 Å². The summed E-state index contributed by atoms with van der Waals surface area (Å²) >= 11 is 12.6. The number of nitrogens with one attached hydrogen (secondary N) is 1. The maximum absolute atomic E-state index is 13.1. The van der Waals surface area contributed by atoms with Crippen LogP contribution in [0.2, 0.25) is 10.0 Å². The molecule has 0 bridgehead atoms. The highest BCUT2D eigenvalue weighted by atomic mass is 35.5. The van der Waals surface area contributed by atoms with E-state index >= 15 is 0 Å². The van der Waals surface area contributed by atoms with Crippen LogP contribution < -0.4 is 15.0 Å². The number of anilines is 2. The third-order valence-electron chi connectivity index (χ3n) is 5.97. The van der Waals surface area contributed by atoms with Crippen molar-refractivity contribution in [1.82, 2.24) is 4.31 Å². The molecule has 7 nitrogen and oxygen atoms in total. The van der Waals surface area contributed by atoms with Gasteiger partial charge in [-0.2, -0.15) is 4.31 Å². The summed E-state index contributed by atoms with van der Waals surface area (Å²) in [4.78, 5) is 14.9. The largest absolute Gasteiger partial charge is 0.484 e. The molecule has 0 spiro atoms. The second kappa shape index (κ2) is 11.1. The Labute approximate surface area is 221 Å². The zero-order valence-corrected chi connectivity index (χ0v) is 22.3. The van der Waals surface area contributed by atoms with Crippen LogP contribution in [0.5, 0.6) is 5.75 Å². The fourth-order valence-electron chi connectivity index (χ4n) is 3.99. The average Bonchev–Trinajstić information content (AvgIpc) is 2.85. The molecule has 10 heteroatoms. The minimum atomic E-state index is -3.58. The maximum Gasteiger partial charge on any atom is 0.262 e. The number of rotatable bonds is 7. The molecule has 0 unspecified atom stereocenters. The Kier molecular flexibility index (Phi) is 8.10. The number of benzene rings is 3. The number of aryl methyl sites for hydroxylation is 2. The number of nitrogens with zero attached hydrogens (tertiary/aromatic N) is 2. The van der Waals surface area contributed by atoms with Crippen LogP contribution in [0.1, 0.15) is 11.1 Å². The zero-order valence-electron chi connectivity index (χ0n) is 20.0. The van der Waals surface area contributed by atoms with E-state index in [2.05, 4.69) is 5.32 Å². The monoisotopic (exact) mass is 547 g/mol. The molecule has 4 rings (SSSR count). The number of hydrogen-bond donors (Lipinski definition) is 1. The molecule has 1 heterocycles. The van der Waals surface area contributed by atoms with E-state index in [1.54, 1.807) is 60.7 Å². The van der Waals surface area contributed by atoms with Crippen molar-refractivity contribution in [2.24, 2.45) is 0 Å². The minimum Gasteiger partial charge on any atom is -0.484 e. The van der Waals surface area contributed by atoms with E-state index < -0.39 is 10.0 Å². The van der Waals surface area contributed by atoms with Gasteiger partial charge >= 0.3 is 0 Å². The SMILES string of the molecule is Cc1ccc(S(=O)(=O)N2CCN(c3c(Cl)cccc3NC(=O)COc3ccc(Cl)c(C)c3)CC2)cc1. The maximum atomic E-state index is 13.1. The van der Waals surface area contributed by atoms with Crippen LogP contribution in [0.25, 0.3) is 0 Å². The van der Waals surface area contributed by atoms with Crippen LogP contribution in [0.15, 0.2) is 65.6 Å². The number of carbonyl (C=O) groups is 1. The molecule has 0 aliphatic carbocycles. The topological polar surface area (TPSA) is 79.0 Å². The van der Waals surface area contributed by atoms with Crippen molar-refractivity contribution in [2.75, 3.05) is 43.0 Å². The predicted octanol–water partition coefficient (Wildman–Crippen LogP) is 5.14. The number of sulfonamides is 1. The Morgan fingerprint density at radius 2 is 1.64 bits per heavy atom. The standard InChI is InChI=1S/C26H27Cl2N3O4S/c1-18-6-9-21(10-7-18)36(33,34)31-14-12-30(13-15-31)26-23(28)4-3-5-24(26)29-25(32)17-35-20-8-11-22(27)19(2)16-20/h3-11,16H,12-15,17H2,1-2H3,(H,29,32). The molecule has 1 N–H and O–H groups in total. The van der Waals surface area contributed by atoms with Gasteiger partial charge in [-0.3, -0.25) is 4.79 Å². The quantitative estimate of drug-likeness (QED) is 0.443. The van der Waals surface area contributed by atoms with Crippen LogP contribution >= 0.6 is 23.2 Å². The van der Waals surface area contributed by atoms with Crippen molar-refractivity contribution in [2.45, 2.75) is 18.7 Å². The third kappa shape index (κ3) is 5.95. The summed E-state index contributed by atoms with van der Waals surface area (Å²) in [6.07, 6.45) is 0. The van der Waals surface area contributed by atoms with E-state index in [0.29, 0.717) is 53.3 Å². The lowest BCUT2D eigenvalue weighted by molar-refractivity contribution is -0.118. The molecule has 36 heavy (non-hydrogen) atoms. The molecule has 1 fully saturated rings. The average molecular weight is 548 g/mol. The minimum absolute atomic E-state index is 0.185. The number of carbonyl (C=O) groups excluding carboxylic acids is 1. The van der Waals surface area contributed by atoms with Crippen LogP contribution in [0.3, 0.4) is 0 Å². The molecular weight excluding hydrogens is 521 g/mol. The van der Waals surface area contributed by atoms with Crippen molar-refractivity contribution >= 4 is 50.5 Å². The third-order valence-corrected chi connectivity index (χ3v) is 8.62. The number of ether oxygens (including phenoxy) is 1. The fraction of sp³-hybridized carbons (Fsp3) is 0.269. The van der Waals surface area contributed by atoms with Crippen molar-refractivity contribution in [3.8, 4) is 5.75 Å². The highest BCUT2D eigenvalue weighted by Gasteiger charge is 2.30. The van der Waals surface area contributed by atoms with E-state index in [-0.39, 0.29) is 17.4 Å². The highest BCUT2D eigenvalue weighted by Crippen LogP contribution is 2.35. The van der Waals surface area contributed by atoms with Crippen molar-refractivity contribution in [3.63, 3.8) is 0 Å². The first-order chi connectivity index (χ1) is 17.1. The molecule has 1 amide bonds. The van der Waals surface area contributed by atoms with Gasteiger partial charge in [0.1, 0.15) is 5.75 Å². The summed E-state index contributed by atoms with van der Waals surface area (Å²) in [5.41, 5.74) is 3.05. The van der Waals surface area contributed by atoms with Gasteiger partial charge in [-0.15, -0.1) is 0 Å². The Morgan fingerprint density at radius 3 is 2.31 bits per heavy atom. The fourth-order valence-corrected chi connectivity index (χ4v) is 5.82. The number of amides is 1. The summed E-state index contributed by atoms with van der Waals surface area (Å²) in [6, 6.07) is 17.3. The summed E-state index contributed by atoms with van der Waals surface area (Å²) in [6.45, 7) is 5.05. The Morgan fingerprint density at radius 1 is 0.944 bits per heavy atom. The molecule has 1 saturated heterocycles. The molecule has 190 valence electrons. The first-order valence-electron chi connectivity index (χ1n) is 11.4. The Hall–Kier alpha value is -2.78. The molecule has 0 radical (unpaired) electrons. The number of halogens is 2. The van der Waals surface area contributed by atoms with Gasteiger partial charge in [-0.25, -0.2) is 8.42 Å². The lowest BCUT2D eigenvalue weighted by Gasteiger charge is -2.36. The second-order valence-electron chi connectivity index (χ2n) is 8.59. The smallest absolute Gasteiger partial charge is 0.262 e. The second-order valence-corrected chi connectivity index (χ2v) is 11.3. The molecule has 0 aromatic heterocycles. The summed E-state index contributed by atoms with van der Waals surface area (Å²) in [7, 11) is -3.58. The molecule has 3 aromatic rings. The normalized spacial score (nSPS) is 14.5. The summed E-state index contributed by atoms with van der Waals surface area (Å²) in [5, 5.41) is 3.97. The van der Waals surface area contributed by atoms with Crippen LogP contribution in [0, 0.1) is 13.8 Å². The Balaban J connectivity index is 1.42. The van der Waals surface area contributed by atoms with Gasteiger partial charge in [-0.05, 0) is 61.9 Å². The van der Waals surface area contributed by atoms with Gasteiger partial charge in [0.15, 0.2) is 6.61 Å². The van der Waals surface area contributed by atoms with Crippen LogP contribution in [-0.4, -0.2) is 51.4 Å². The summed E-state index contributed by atoms with van der Waals surface area (Å²) < 4.78 is 33.2. The van der Waals surface area contributed by atoms with Crippen molar-refractivity contribution in [3.05, 3.63) is 81.8 Å². The summed E-state index contributed by atoms with van der Waals surface area (Å²) in [5.74, 6) is 0.205. The van der Waals surface area contributed by atoms with Crippen molar-refractivity contribution in [1.29, 1.82) is 0 Å². The lowest BCUT2D eigenvalue weighted by atomic mass is 10.2. The highest BCUT2D eigenvalue weighted by molar-refractivity contribution is 7.89. The van der Waals surface area contributed by atoms with Gasteiger partial charge in [0.05, 0.1) is 21.3 Å². The Bertz CT molecular complexity index is 1360. The van der Waals surface area contributed by atoms with Gasteiger partial charge in [0.2, 0.25) is 10.0 Å². The van der Waals surface area contributed by atoms with Crippen LogP contribution in [-0.2, 0) is 14.8 Å². The van der Waals surface area contributed by atoms with Gasteiger partial charge in [0.25, 0.3) is 5.91 Å². The molecule has 0 saturated carbocycles. The first kappa shape index (κ1) is 26.3. The predicted molar refractivity (Wildman–Crippen MR) is 144 cm³/mol.